The lowest BCUT2D eigenvalue weighted by atomic mass is 9.99. The van der Waals surface area contributed by atoms with Crippen molar-refractivity contribution in [2.75, 3.05) is 13.1 Å². The Morgan fingerprint density at radius 1 is 1.25 bits per heavy atom. The third-order valence-corrected chi connectivity index (χ3v) is 3.52. The van der Waals surface area contributed by atoms with E-state index >= 15 is 0 Å². The van der Waals surface area contributed by atoms with Crippen molar-refractivity contribution in [3.05, 3.63) is 0 Å². The largest absolute Gasteiger partial charge is 0.480 e. The number of guanidine groups is 1. The third kappa shape index (κ3) is 8.93. The molecule has 0 aromatic rings. The zero-order valence-corrected chi connectivity index (χ0v) is 14.1. The second-order valence-corrected chi connectivity index (χ2v) is 5.54. The molecule has 0 heterocycles. The van der Waals surface area contributed by atoms with Crippen LogP contribution >= 0.6 is 0 Å². The number of carboxylic acids is 1. The molecule has 138 valence electrons. The zero-order valence-electron chi connectivity index (χ0n) is 14.1. The van der Waals surface area contributed by atoms with Crippen LogP contribution in [0.2, 0.25) is 0 Å². The molecule has 0 aromatic carbocycles. The van der Waals surface area contributed by atoms with Crippen LogP contribution in [-0.4, -0.2) is 54.0 Å². The van der Waals surface area contributed by atoms with Crippen LogP contribution in [0.5, 0.6) is 0 Å². The summed E-state index contributed by atoms with van der Waals surface area (Å²) in [6.45, 7) is 3.58. The number of rotatable bonds is 11. The van der Waals surface area contributed by atoms with Crippen LogP contribution in [0.15, 0.2) is 4.99 Å². The minimum absolute atomic E-state index is 0.0287. The molecular formula is C14H28N6O4. The summed E-state index contributed by atoms with van der Waals surface area (Å²) in [5.41, 5.74) is 16.0. The van der Waals surface area contributed by atoms with Gasteiger partial charge in [0.25, 0.3) is 0 Å². The summed E-state index contributed by atoms with van der Waals surface area (Å²) in [6, 6.07) is -1.79. The highest BCUT2D eigenvalue weighted by Gasteiger charge is 2.25. The quantitative estimate of drug-likeness (QED) is 0.143. The summed E-state index contributed by atoms with van der Waals surface area (Å²) in [7, 11) is 0. The normalized spacial score (nSPS) is 14.1. The first-order chi connectivity index (χ1) is 11.2. The van der Waals surface area contributed by atoms with E-state index in [1.807, 2.05) is 6.92 Å². The molecule has 9 N–H and O–H groups in total. The predicted octanol–water partition coefficient (Wildman–Crippen LogP) is -1.90. The van der Waals surface area contributed by atoms with Gasteiger partial charge in [-0.1, -0.05) is 20.3 Å². The molecule has 0 aliphatic heterocycles. The monoisotopic (exact) mass is 344 g/mol. The van der Waals surface area contributed by atoms with E-state index in [-0.39, 0.29) is 18.4 Å². The molecule has 3 atom stereocenters. The molecule has 0 aliphatic carbocycles. The molecule has 24 heavy (non-hydrogen) atoms. The molecular weight excluding hydrogens is 316 g/mol. The second-order valence-electron chi connectivity index (χ2n) is 5.54. The van der Waals surface area contributed by atoms with Gasteiger partial charge < -0.3 is 32.9 Å². The first-order valence-electron chi connectivity index (χ1n) is 7.79. The lowest BCUT2D eigenvalue weighted by Gasteiger charge is -2.20. The molecule has 10 heteroatoms. The van der Waals surface area contributed by atoms with Crippen molar-refractivity contribution >= 4 is 23.7 Å². The van der Waals surface area contributed by atoms with Crippen LogP contribution in [0.4, 0.5) is 0 Å². The van der Waals surface area contributed by atoms with Gasteiger partial charge in [-0.3, -0.25) is 14.6 Å². The minimum atomic E-state index is -1.11. The maximum atomic E-state index is 11.8. The second kappa shape index (κ2) is 11.2. The summed E-state index contributed by atoms with van der Waals surface area (Å²) in [4.78, 5) is 38.4. The Morgan fingerprint density at radius 3 is 2.38 bits per heavy atom. The van der Waals surface area contributed by atoms with Crippen molar-refractivity contribution in [2.24, 2.45) is 28.1 Å². The van der Waals surface area contributed by atoms with Crippen LogP contribution in [0.1, 0.15) is 33.1 Å². The number of carbonyl (C=O) groups is 3. The molecule has 0 fully saturated rings. The molecule has 0 aromatic heterocycles. The molecule has 0 spiro atoms. The summed E-state index contributed by atoms with van der Waals surface area (Å²) in [5.74, 6) is -2.44. The number of nitrogens with two attached hydrogens (primary N) is 3. The van der Waals surface area contributed by atoms with Gasteiger partial charge in [0.05, 0.1) is 12.6 Å². The molecule has 0 rings (SSSR count). The van der Waals surface area contributed by atoms with E-state index in [1.165, 1.54) is 0 Å². The first kappa shape index (κ1) is 21.6. The van der Waals surface area contributed by atoms with Gasteiger partial charge in [-0.25, -0.2) is 4.79 Å². The third-order valence-electron chi connectivity index (χ3n) is 3.52. The number of nitrogens with one attached hydrogen (secondary N) is 2. The standard InChI is InChI=1S/C14H28N6O4/c1-3-8(2)11(13(23)24)20-10(21)7-19-12(22)9(15)5-4-6-18-14(16)17/h8-9,11H,3-7,15H2,1-2H3,(H,19,22)(H,20,21)(H,23,24)(H4,16,17,18). The summed E-state index contributed by atoms with van der Waals surface area (Å²) in [6.07, 6.45) is 1.48. The first-order valence-corrected chi connectivity index (χ1v) is 7.79. The van der Waals surface area contributed by atoms with Gasteiger partial charge in [0, 0.05) is 6.54 Å². The van der Waals surface area contributed by atoms with Gasteiger partial charge in [-0.2, -0.15) is 0 Å². The van der Waals surface area contributed by atoms with Crippen LogP contribution in [0, 0.1) is 5.92 Å². The number of hydrogen-bond donors (Lipinski definition) is 6. The van der Waals surface area contributed by atoms with Crippen molar-refractivity contribution in [1.29, 1.82) is 0 Å². The van der Waals surface area contributed by atoms with E-state index in [2.05, 4.69) is 15.6 Å². The number of amides is 2. The van der Waals surface area contributed by atoms with Crippen LogP contribution in [-0.2, 0) is 14.4 Å². The smallest absolute Gasteiger partial charge is 0.326 e. The predicted molar refractivity (Wildman–Crippen MR) is 89.9 cm³/mol. The fourth-order valence-corrected chi connectivity index (χ4v) is 1.86. The van der Waals surface area contributed by atoms with E-state index in [1.54, 1.807) is 6.92 Å². The molecule has 0 aliphatic rings. The van der Waals surface area contributed by atoms with Crippen LogP contribution < -0.4 is 27.8 Å². The van der Waals surface area contributed by atoms with Gasteiger partial charge >= 0.3 is 5.97 Å². The number of aliphatic carboxylic acids is 1. The number of carbonyl (C=O) groups excluding carboxylic acids is 2. The average Bonchev–Trinajstić information content (AvgIpc) is 2.52. The maximum absolute atomic E-state index is 11.8. The van der Waals surface area contributed by atoms with Crippen molar-refractivity contribution < 1.29 is 19.5 Å². The summed E-state index contributed by atoms with van der Waals surface area (Å²) < 4.78 is 0. The highest BCUT2D eigenvalue weighted by molar-refractivity contribution is 5.89. The fourth-order valence-electron chi connectivity index (χ4n) is 1.86. The lowest BCUT2D eigenvalue weighted by molar-refractivity contribution is -0.143. The Morgan fingerprint density at radius 2 is 1.88 bits per heavy atom. The fraction of sp³-hybridized carbons (Fsp3) is 0.714. The summed E-state index contributed by atoms with van der Waals surface area (Å²) in [5, 5.41) is 13.9. The zero-order chi connectivity index (χ0) is 18.7. The number of aliphatic imine (C=N–C) groups is 1. The lowest BCUT2D eigenvalue weighted by Crippen LogP contribution is -2.50. The highest BCUT2D eigenvalue weighted by Crippen LogP contribution is 2.07. The summed E-state index contributed by atoms with van der Waals surface area (Å²) >= 11 is 0. The van der Waals surface area contributed by atoms with E-state index in [4.69, 9.17) is 22.3 Å². The van der Waals surface area contributed by atoms with E-state index in [0.717, 1.165) is 0 Å². The van der Waals surface area contributed by atoms with Gasteiger partial charge in [0.1, 0.15) is 6.04 Å². The van der Waals surface area contributed by atoms with E-state index in [0.29, 0.717) is 25.8 Å². The van der Waals surface area contributed by atoms with E-state index in [9.17, 15) is 14.4 Å². The number of carboxylic acid groups (broad SMARTS) is 1. The highest BCUT2D eigenvalue weighted by atomic mass is 16.4. The molecule has 0 saturated heterocycles. The Kier molecular flexibility index (Phi) is 10.1. The topological polar surface area (TPSA) is 186 Å². The molecule has 3 unspecified atom stereocenters. The Labute approximate surface area is 141 Å². The molecule has 2 amide bonds. The molecule has 0 radical (unpaired) electrons. The average molecular weight is 344 g/mol. The maximum Gasteiger partial charge on any atom is 0.326 e. The Hall–Kier alpha value is -2.36. The van der Waals surface area contributed by atoms with Crippen LogP contribution in [0.3, 0.4) is 0 Å². The van der Waals surface area contributed by atoms with Crippen molar-refractivity contribution in [3.63, 3.8) is 0 Å². The number of hydrogen-bond acceptors (Lipinski definition) is 5. The Bertz CT molecular complexity index is 464. The van der Waals surface area contributed by atoms with Crippen LogP contribution in [0.25, 0.3) is 0 Å². The number of nitrogens with zero attached hydrogens (tertiary/aromatic N) is 1. The van der Waals surface area contributed by atoms with E-state index < -0.39 is 29.9 Å². The Balaban J connectivity index is 4.22. The SMILES string of the molecule is CCC(C)C(NC(=O)CNC(=O)C(N)CCCN=C(N)N)C(=O)O. The minimum Gasteiger partial charge on any atom is -0.480 e. The van der Waals surface area contributed by atoms with Crippen molar-refractivity contribution in [1.82, 2.24) is 10.6 Å². The van der Waals surface area contributed by atoms with Gasteiger partial charge in [-0.15, -0.1) is 0 Å². The van der Waals surface area contributed by atoms with Crippen molar-refractivity contribution in [3.8, 4) is 0 Å². The molecule has 0 bridgehead atoms. The molecule has 0 saturated carbocycles. The van der Waals surface area contributed by atoms with Gasteiger partial charge in [0.15, 0.2) is 5.96 Å². The van der Waals surface area contributed by atoms with Gasteiger partial charge in [-0.05, 0) is 18.8 Å². The van der Waals surface area contributed by atoms with Gasteiger partial charge in [0.2, 0.25) is 11.8 Å². The molecule has 10 nitrogen and oxygen atoms in total. The van der Waals surface area contributed by atoms with Crippen molar-refractivity contribution in [2.45, 2.75) is 45.2 Å².